The normalized spacial score (nSPS) is 13.3. The number of aryl methyl sites for hydroxylation is 1. The summed E-state index contributed by atoms with van der Waals surface area (Å²) in [5.41, 5.74) is 3.07. The summed E-state index contributed by atoms with van der Waals surface area (Å²) >= 11 is 0. The van der Waals surface area contributed by atoms with Gasteiger partial charge in [0.25, 0.3) is 11.8 Å². The molecule has 1 aliphatic rings. The third-order valence-corrected chi connectivity index (χ3v) is 4.91. The highest BCUT2D eigenvalue weighted by Crippen LogP contribution is 2.22. The van der Waals surface area contributed by atoms with E-state index in [0.717, 1.165) is 55.7 Å². The number of hydrogen-bond donors (Lipinski definition) is 2. The summed E-state index contributed by atoms with van der Waals surface area (Å²) in [5.74, 6) is -0.133. The molecule has 150 valence electrons. The minimum atomic E-state index is -0.263. The van der Waals surface area contributed by atoms with Crippen LogP contribution < -0.4 is 10.6 Å². The van der Waals surface area contributed by atoms with E-state index in [1.54, 1.807) is 0 Å². The first kappa shape index (κ1) is 20.1. The highest BCUT2D eigenvalue weighted by Gasteiger charge is 2.27. The van der Waals surface area contributed by atoms with Gasteiger partial charge in [-0.3, -0.25) is 9.59 Å². The molecule has 0 fully saturated rings. The first-order valence-corrected chi connectivity index (χ1v) is 9.86. The molecule has 0 saturated heterocycles. The van der Waals surface area contributed by atoms with Crippen LogP contribution in [0.1, 0.15) is 51.6 Å². The number of anilines is 1. The van der Waals surface area contributed by atoms with Crippen LogP contribution in [0, 0.1) is 6.92 Å². The van der Waals surface area contributed by atoms with Gasteiger partial charge in [0, 0.05) is 18.8 Å². The molecule has 2 amide bonds. The van der Waals surface area contributed by atoms with Crippen molar-refractivity contribution in [3.8, 4) is 0 Å². The molecule has 0 radical (unpaired) electrons. The summed E-state index contributed by atoms with van der Waals surface area (Å²) in [6.45, 7) is 4.22. The minimum Gasteiger partial charge on any atom is -0.349 e. The van der Waals surface area contributed by atoms with Gasteiger partial charge in [-0.15, -0.1) is 0 Å². The lowest BCUT2D eigenvalue weighted by Crippen LogP contribution is -2.30. The van der Waals surface area contributed by atoms with Crippen LogP contribution in [0.4, 0.5) is 5.69 Å². The monoisotopic (exact) mass is 383 g/mol. The van der Waals surface area contributed by atoms with Crippen LogP contribution in [0.3, 0.4) is 0 Å². The summed E-state index contributed by atoms with van der Waals surface area (Å²) < 4.78 is 1.91. The summed E-state index contributed by atoms with van der Waals surface area (Å²) in [4.78, 5) is 32.0. The van der Waals surface area contributed by atoms with Gasteiger partial charge >= 0.3 is 0 Å². The Morgan fingerprint density at radius 2 is 1.89 bits per heavy atom. The van der Waals surface area contributed by atoms with Crippen molar-refractivity contribution in [2.24, 2.45) is 0 Å². The predicted molar refractivity (Wildman–Crippen MR) is 110 cm³/mol. The fourth-order valence-electron chi connectivity index (χ4n) is 3.40. The topological polar surface area (TPSA) is 79.3 Å². The Morgan fingerprint density at radius 3 is 2.61 bits per heavy atom. The number of carbonyl (C=O) groups excluding carboxylic acids is 2. The second-order valence-electron chi connectivity index (χ2n) is 7.57. The van der Waals surface area contributed by atoms with Crippen LogP contribution >= 0.6 is 0 Å². The van der Waals surface area contributed by atoms with E-state index in [1.807, 2.05) is 49.9 Å². The average Bonchev–Trinajstić information content (AvgIpc) is 3.07. The van der Waals surface area contributed by atoms with Crippen molar-refractivity contribution in [3.05, 3.63) is 47.0 Å². The van der Waals surface area contributed by atoms with Gasteiger partial charge in [0.15, 0.2) is 11.5 Å². The largest absolute Gasteiger partial charge is 0.349 e. The van der Waals surface area contributed by atoms with E-state index in [4.69, 9.17) is 0 Å². The molecule has 0 unspecified atom stereocenters. The smallest absolute Gasteiger partial charge is 0.287 e. The summed E-state index contributed by atoms with van der Waals surface area (Å²) in [7, 11) is 4.01. The molecule has 0 saturated carbocycles. The number of imidazole rings is 1. The maximum absolute atomic E-state index is 12.8. The van der Waals surface area contributed by atoms with E-state index in [9.17, 15) is 9.59 Å². The maximum Gasteiger partial charge on any atom is 0.287 e. The van der Waals surface area contributed by atoms with Crippen molar-refractivity contribution in [2.45, 2.75) is 39.2 Å². The Labute approximate surface area is 166 Å². The van der Waals surface area contributed by atoms with Gasteiger partial charge in [0.2, 0.25) is 0 Å². The van der Waals surface area contributed by atoms with Crippen LogP contribution in [0.5, 0.6) is 0 Å². The van der Waals surface area contributed by atoms with Crippen LogP contribution in [0.2, 0.25) is 0 Å². The van der Waals surface area contributed by atoms with Gasteiger partial charge < -0.3 is 20.1 Å². The van der Waals surface area contributed by atoms with Crippen molar-refractivity contribution in [1.29, 1.82) is 0 Å². The Bertz CT molecular complexity index is 839. The molecule has 0 atom stereocenters. The molecular formula is C21H29N5O2. The highest BCUT2D eigenvalue weighted by atomic mass is 16.2. The van der Waals surface area contributed by atoms with Gasteiger partial charge in [-0.1, -0.05) is 17.7 Å². The van der Waals surface area contributed by atoms with E-state index in [0.29, 0.717) is 18.1 Å². The first-order chi connectivity index (χ1) is 13.5. The van der Waals surface area contributed by atoms with Crippen molar-refractivity contribution >= 4 is 17.5 Å². The highest BCUT2D eigenvalue weighted by molar-refractivity contribution is 6.05. The number of benzene rings is 1. The van der Waals surface area contributed by atoms with Gasteiger partial charge in [-0.05, 0) is 65.4 Å². The number of fused-ring (bicyclic) bond motifs is 1. The Kier molecular flexibility index (Phi) is 6.46. The Morgan fingerprint density at radius 1 is 1.14 bits per heavy atom. The quantitative estimate of drug-likeness (QED) is 0.720. The SMILES string of the molecule is Cc1ccc(NC(=O)c2nc(C(=O)NCCCN(C)C)n3c2CCCC3)cc1. The van der Waals surface area contributed by atoms with Gasteiger partial charge in [-0.25, -0.2) is 4.98 Å². The average molecular weight is 383 g/mol. The zero-order valence-corrected chi connectivity index (χ0v) is 16.9. The molecule has 2 N–H and O–H groups in total. The molecule has 0 bridgehead atoms. The molecule has 7 heteroatoms. The third-order valence-electron chi connectivity index (χ3n) is 4.91. The summed E-state index contributed by atoms with van der Waals surface area (Å²) in [6, 6.07) is 7.64. The Balaban J connectivity index is 1.75. The van der Waals surface area contributed by atoms with Crippen LogP contribution in [-0.2, 0) is 13.0 Å². The Hall–Kier alpha value is -2.67. The summed E-state index contributed by atoms with van der Waals surface area (Å²) in [5, 5.41) is 5.83. The number of hydrogen-bond acceptors (Lipinski definition) is 4. The van der Waals surface area contributed by atoms with E-state index in [1.165, 1.54) is 0 Å². The fraction of sp³-hybridized carbons (Fsp3) is 0.476. The summed E-state index contributed by atoms with van der Waals surface area (Å²) in [6.07, 6.45) is 3.62. The standard InChI is InChI=1S/C21H29N5O2/c1-15-8-10-16(11-9-15)23-20(27)18-17-7-4-5-14-26(17)19(24-18)21(28)22-12-6-13-25(2)3/h8-11H,4-7,12-14H2,1-3H3,(H,22,28)(H,23,27). The molecule has 3 rings (SSSR count). The zero-order valence-electron chi connectivity index (χ0n) is 16.9. The van der Waals surface area contributed by atoms with E-state index < -0.39 is 0 Å². The predicted octanol–water partition coefficient (Wildman–Crippen LogP) is 2.46. The molecule has 1 aliphatic heterocycles. The molecule has 7 nitrogen and oxygen atoms in total. The van der Waals surface area contributed by atoms with Gasteiger partial charge in [-0.2, -0.15) is 0 Å². The molecule has 1 aromatic carbocycles. The van der Waals surface area contributed by atoms with Crippen molar-refractivity contribution in [3.63, 3.8) is 0 Å². The minimum absolute atomic E-state index is 0.212. The number of nitrogens with zero attached hydrogens (tertiary/aromatic N) is 3. The van der Waals surface area contributed by atoms with Crippen molar-refractivity contribution in [2.75, 3.05) is 32.5 Å². The van der Waals surface area contributed by atoms with E-state index in [2.05, 4.69) is 20.5 Å². The third kappa shape index (κ3) is 4.78. The molecule has 1 aromatic heterocycles. The van der Waals surface area contributed by atoms with Crippen LogP contribution in [0.15, 0.2) is 24.3 Å². The lowest BCUT2D eigenvalue weighted by Gasteiger charge is -2.17. The number of carbonyl (C=O) groups is 2. The first-order valence-electron chi connectivity index (χ1n) is 9.86. The molecule has 0 spiro atoms. The van der Waals surface area contributed by atoms with Gasteiger partial charge in [0.05, 0.1) is 5.69 Å². The van der Waals surface area contributed by atoms with Crippen molar-refractivity contribution in [1.82, 2.24) is 19.8 Å². The molecule has 0 aliphatic carbocycles. The van der Waals surface area contributed by atoms with Crippen molar-refractivity contribution < 1.29 is 9.59 Å². The second-order valence-corrected chi connectivity index (χ2v) is 7.57. The second kappa shape index (κ2) is 9.01. The lowest BCUT2D eigenvalue weighted by atomic mass is 10.1. The molecular weight excluding hydrogens is 354 g/mol. The van der Waals surface area contributed by atoms with E-state index >= 15 is 0 Å². The fourth-order valence-corrected chi connectivity index (χ4v) is 3.40. The van der Waals surface area contributed by atoms with E-state index in [-0.39, 0.29) is 11.8 Å². The molecule has 2 aromatic rings. The van der Waals surface area contributed by atoms with Crippen LogP contribution in [-0.4, -0.2) is 53.5 Å². The number of nitrogens with one attached hydrogen (secondary N) is 2. The lowest BCUT2D eigenvalue weighted by molar-refractivity contribution is 0.0936. The molecule has 28 heavy (non-hydrogen) atoms. The number of rotatable bonds is 7. The maximum atomic E-state index is 12.8. The van der Waals surface area contributed by atoms with Gasteiger partial charge in [0.1, 0.15) is 0 Å². The number of amides is 2. The zero-order chi connectivity index (χ0) is 20.1. The van der Waals surface area contributed by atoms with Crippen LogP contribution in [0.25, 0.3) is 0 Å². The molecule has 2 heterocycles. The number of aromatic nitrogens is 2.